The van der Waals surface area contributed by atoms with Crippen LogP contribution in [-0.2, 0) is 21.5 Å². The molecule has 0 bridgehead atoms. The van der Waals surface area contributed by atoms with Gasteiger partial charge in [-0.1, -0.05) is 60.7 Å². The van der Waals surface area contributed by atoms with Crippen molar-refractivity contribution < 1.29 is 9.59 Å². The second-order valence-electron chi connectivity index (χ2n) is 9.57. The Balaban J connectivity index is 1.55. The Labute approximate surface area is 204 Å². The van der Waals surface area contributed by atoms with Gasteiger partial charge in [0.2, 0.25) is 11.8 Å². The van der Waals surface area contributed by atoms with Crippen molar-refractivity contribution in [1.29, 1.82) is 0 Å². The van der Waals surface area contributed by atoms with Gasteiger partial charge in [0, 0.05) is 39.8 Å². The van der Waals surface area contributed by atoms with E-state index >= 15 is 0 Å². The Kier molecular flexibility index (Phi) is 6.39. The fourth-order valence-corrected chi connectivity index (χ4v) is 5.99. The first kappa shape index (κ1) is 22.7. The average Bonchev–Trinajstić information content (AvgIpc) is 3.32. The van der Waals surface area contributed by atoms with Crippen LogP contribution in [0.25, 0.3) is 0 Å². The molecule has 7 heteroatoms. The minimum atomic E-state index is -0.997. The van der Waals surface area contributed by atoms with Crippen molar-refractivity contribution in [3.8, 4) is 0 Å². The molecule has 0 spiro atoms. The Morgan fingerprint density at radius 1 is 1.03 bits per heavy atom. The van der Waals surface area contributed by atoms with Crippen LogP contribution in [0, 0.1) is 0 Å². The van der Waals surface area contributed by atoms with Gasteiger partial charge < -0.3 is 10.6 Å². The maximum Gasteiger partial charge on any atom is 0.249 e. The topological polar surface area (TPSA) is 61.4 Å². The van der Waals surface area contributed by atoms with Gasteiger partial charge >= 0.3 is 0 Å². The first-order valence-corrected chi connectivity index (χ1v) is 12.6. The lowest BCUT2D eigenvalue weighted by atomic mass is 9.78. The predicted octanol–water partition coefficient (Wildman–Crippen LogP) is 5.30. The van der Waals surface area contributed by atoms with E-state index in [9.17, 15) is 9.59 Å². The third kappa shape index (κ3) is 4.39. The molecule has 174 valence electrons. The maximum atomic E-state index is 13.8. The highest BCUT2D eigenvalue weighted by molar-refractivity contribution is 6.31. The van der Waals surface area contributed by atoms with E-state index in [0.29, 0.717) is 16.5 Å². The van der Waals surface area contributed by atoms with Gasteiger partial charge in [-0.2, -0.15) is 0 Å². The fourth-order valence-electron chi connectivity index (χ4n) is 5.61. The van der Waals surface area contributed by atoms with E-state index in [1.54, 1.807) is 6.07 Å². The number of amides is 2. The molecule has 2 aliphatic carbocycles. The monoisotopic (exact) mass is 485 g/mol. The summed E-state index contributed by atoms with van der Waals surface area (Å²) in [5.74, 6) is -0.116. The van der Waals surface area contributed by atoms with Crippen molar-refractivity contribution in [2.24, 2.45) is 0 Å². The number of nitrogens with one attached hydrogen (secondary N) is 2. The summed E-state index contributed by atoms with van der Waals surface area (Å²) in [6, 6.07) is 13.6. The van der Waals surface area contributed by atoms with E-state index in [0.717, 1.165) is 61.8 Å². The average molecular weight is 486 g/mol. The van der Waals surface area contributed by atoms with Gasteiger partial charge in [0.05, 0.1) is 6.54 Å². The number of hydrogen-bond acceptors (Lipinski definition) is 3. The molecule has 2 amide bonds. The summed E-state index contributed by atoms with van der Waals surface area (Å²) in [5, 5.41) is 7.49. The number of nitrogens with zero attached hydrogens (tertiary/aromatic N) is 1. The van der Waals surface area contributed by atoms with Crippen molar-refractivity contribution in [3.05, 3.63) is 63.6 Å². The van der Waals surface area contributed by atoms with Crippen LogP contribution in [0.4, 0.5) is 5.69 Å². The number of halogens is 2. The molecule has 2 fully saturated rings. The molecule has 1 unspecified atom stereocenters. The van der Waals surface area contributed by atoms with Crippen LogP contribution in [0.15, 0.2) is 42.5 Å². The SMILES string of the molecule is O=C(CN(C1CCC1)C1(Cc2cccc(Cl)c2)C(=O)Nc2cc(Cl)ccc21)NC1CCCC1. The third-order valence-corrected chi connectivity index (χ3v) is 7.91. The van der Waals surface area contributed by atoms with Crippen LogP contribution >= 0.6 is 23.2 Å². The molecule has 0 aromatic heterocycles. The van der Waals surface area contributed by atoms with Crippen LogP contribution in [0.2, 0.25) is 10.0 Å². The van der Waals surface area contributed by atoms with Crippen molar-refractivity contribution in [3.63, 3.8) is 0 Å². The zero-order chi connectivity index (χ0) is 23.0. The highest BCUT2D eigenvalue weighted by Gasteiger charge is 2.54. The van der Waals surface area contributed by atoms with E-state index in [-0.39, 0.29) is 30.4 Å². The number of carbonyl (C=O) groups excluding carboxylic acids is 2. The first-order valence-electron chi connectivity index (χ1n) is 11.9. The number of fused-ring (bicyclic) bond motifs is 1. The summed E-state index contributed by atoms with van der Waals surface area (Å²) in [6.07, 6.45) is 7.87. The Bertz CT molecular complexity index is 1070. The molecule has 3 aliphatic rings. The minimum absolute atomic E-state index is 0.00511. The quantitative estimate of drug-likeness (QED) is 0.559. The normalized spacial score (nSPS) is 22.8. The number of benzene rings is 2. The molecule has 2 saturated carbocycles. The van der Waals surface area contributed by atoms with Gasteiger partial charge in [0.1, 0.15) is 5.54 Å². The molecule has 0 saturated heterocycles. The van der Waals surface area contributed by atoms with Gasteiger partial charge in [-0.05, 0) is 55.5 Å². The highest BCUT2D eigenvalue weighted by atomic mass is 35.5. The number of carbonyl (C=O) groups is 2. The highest BCUT2D eigenvalue weighted by Crippen LogP contribution is 2.47. The zero-order valence-corrected chi connectivity index (χ0v) is 20.1. The number of rotatable bonds is 7. The van der Waals surface area contributed by atoms with Gasteiger partial charge in [-0.25, -0.2) is 0 Å². The first-order chi connectivity index (χ1) is 16.0. The summed E-state index contributed by atoms with van der Waals surface area (Å²) >= 11 is 12.6. The Morgan fingerprint density at radius 2 is 1.79 bits per heavy atom. The van der Waals surface area contributed by atoms with Crippen LogP contribution in [-0.4, -0.2) is 35.3 Å². The maximum absolute atomic E-state index is 13.8. The molecular formula is C26H29Cl2N3O2. The second-order valence-corrected chi connectivity index (χ2v) is 10.4. The molecule has 1 aliphatic heterocycles. The molecule has 0 radical (unpaired) electrons. The van der Waals surface area contributed by atoms with Crippen molar-refractivity contribution in [2.75, 3.05) is 11.9 Å². The predicted molar refractivity (Wildman–Crippen MR) is 132 cm³/mol. The van der Waals surface area contributed by atoms with Gasteiger partial charge in [-0.15, -0.1) is 0 Å². The second kappa shape index (κ2) is 9.28. The fraction of sp³-hybridized carbons (Fsp3) is 0.462. The molecule has 2 aromatic rings. The van der Waals surface area contributed by atoms with E-state index in [1.807, 2.05) is 36.4 Å². The van der Waals surface area contributed by atoms with Gasteiger partial charge in [0.15, 0.2) is 0 Å². The Hall–Kier alpha value is -2.08. The van der Waals surface area contributed by atoms with E-state index in [4.69, 9.17) is 23.2 Å². The van der Waals surface area contributed by atoms with Crippen LogP contribution in [0.3, 0.4) is 0 Å². The van der Waals surface area contributed by atoms with Gasteiger partial charge in [0.25, 0.3) is 0 Å². The smallest absolute Gasteiger partial charge is 0.249 e. The Morgan fingerprint density at radius 3 is 2.48 bits per heavy atom. The zero-order valence-electron chi connectivity index (χ0n) is 18.6. The lowest BCUT2D eigenvalue weighted by Crippen LogP contribution is -2.61. The summed E-state index contributed by atoms with van der Waals surface area (Å²) in [6.45, 7) is 0.192. The van der Waals surface area contributed by atoms with Crippen LogP contribution < -0.4 is 10.6 Å². The molecule has 1 atom stereocenters. The summed E-state index contributed by atoms with van der Waals surface area (Å²) in [5.41, 5.74) is 1.55. The number of hydrogen-bond donors (Lipinski definition) is 2. The summed E-state index contributed by atoms with van der Waals surface area (Å²) in [7, 11) is 0. The van der Waals surface area contributed by atoms with Crippen molar-refractivity contribution in [1.82, 2.24) is 10.2 Å². The molecule has 5 nitrogen and oxygen atoms in total. The lowest BCUT2D eigenvalue weighted by molar-refractivity contribution is -0.136. The third-order valence-electron chi connectivity index (χ3n) is 7.44. The molecule has 2 N–H and O–H groups in total. The number of anilines is 1. The molecule has 5 rings (SSSR count). The van der Waals surface area contributed by atoms with Crippen molar-refractivity contribution in [2.45, 2.75) is 69.0 Å². The summed E-state index contributed by atoms with van der Waals surface area (Å²) in [4.78, 5) is 29.2. The van der Waals surface area contributed by atoms with E-state index in [2.05, 4.69) is 15.5 Å². The van der Waals surface area contributed by atoms with E-state index in [1.165, 1.54) is 0 Å². The lowest BCUT2D eigenvalue weighted by Gasteiger charge is -2.47. The van der Waals surface area contributed by atoms with Crippen LogP contribution in [0.1, 0.15) is 56.1 Å². The van der Waals surface area contributed by atoms with Crippen molar-refractivity contribution >= 4 is 40.7 Å². The van der Waals surface area contributed by atoms with Gasteiger partial charge in [-0.3, -0.25) is 14.5 Å². The van der Waals surface area contributed by atoms with Crippen LogP contribution in [0.5, 0.6) is 0 Å². The standard InChI is InChI=1S/C26H29Cl2N3O2/c27-18-6-3-5-17(13-18)15-26(22-12-11-19(28)14-23(22)30-25(26)33)31(21-9-4-10-21)16-24(32)29-20-7-1-2-8-20/h3,5-6,11-14,20-21H,1-2,4,7-10,15-16H2,(H,29,32)(H,30,33). The molecular weight excluding hydrogens is 457 g/mol. The minimum Gasteiger partial charge on any atom is -0.352 e. The largest absolute Gasteiger partial charge is 0.352 e. The molecule has 2 aromatic carbocycles. The summed E-state index contributed by atoms with van der Waals surface area (Å²) < 4.78 is 0. The van der Waals surface area contributed by atoms with E-state index < -0.39 is 5.54 Å². The molecule has 1 heterocycles. The molecule has 33 heavy (non-hydrogen) atoms.